The maximum absolute atomic E-state index is 11.3. The molecular weight excluding hydrogens is 630 g/mol. The van der Waals surface area contributed by atoms with Crippen LogP contribution in [0.15, 0.2) is 0 Å². The van der Waals surface area contributed by atoms with E-state index in [1.54, 1.807) is 0 Å². The molecule has 2 aliphatic rings. The van der Waals surface area contributed by atoms with Gasteiger partial charge in [-0.1, -0.05) is 0 Å². The molecule has 0 spiro atoms. The zero-order valence-electron chi connectivity index (χ0n) is 22.6. The number of nitrogens with zero attached hydrogens (tertiary/aromatic N) is 12. The van der Waals surface area contributed by atoms with Gasteiger partial charge in [0, 0.05) is 63.3 Å². The number of aromatic nitrogens is 6. The predicted octanol–water partition coefficient (Wildman–Crippen LogP) is -1.21. The Morgan fingerprint density at radius 1 is 0.488 bits per heavy atom. The number of hydroxylamine groups is 4. The average molecular weight is 658 g/mol. The molecule has 2 aliphatic heterocycles. The van der Waals surface area contributed by atoms with Gasteiger partial charge >= 0.3 is 0 Å². The summed E-state index contributed by atoms with van der Waals surface area (Å²) in [6, 6.07) is 0. The molecule has 2 saturated heterocycles. The fraction of sp³-hybridized carbons (Fsp3) is 0.667. The second-order valence-corrected chi connectivity index (χ2v) is 7.66. The Bertz CT molecular complexity index is 858. The summed E-state index contributed by atoms with van der Waals surface area (Å²) in [4.78, 5) is 27.4. The normalized spacial score (nSPS) is 13.8. The maximum Gasteiger partial charge on any atom is 0.232 e. The SMILES string of the molecule is CN([O-])c1nc(N(C)[O-])nc(N2CCOCC2)n1.CN([O-])c1nc(N(C)[O-])nc(N2CCOCC2)n1.[O-2].[O-2].[O-2].[V].[V]. The third kappa shape index (κ3) is 12.6. The van der Waals surface area contributed by atoms with Crippen LogP contribution in [0.4, 0.5) is 35.7 Å². The molecule has 0 aliphatic carbocycles. The van der Waals surface area contributed by atoms with Crippen LogP contribution in [0, 0.1) is 20.8 Å². The van der Waals surface area contributed by atoms with E-state index in [1.165, 1.54) is 28.2 Å². The smallest absolute Gasteiger partial charge is 0.232 e. The monoisotopic (exact) mass is 658 g/mol. The quantitative estimate of drug-likeness (QED) is 0.329. The molecule has 0 N–H and O–H groups in total. The van der Waals surface area contributed by atoms with E-state index in [0.29, 0.717) is 84.8 Å². The molecule has 4 rings (SSSR count). The molecule has 4 heterocycles. The van der Waals surface area contributed by atoms with Crippen LogP contribution >= 0.6 is 0 Å². The van der Waals surface area contributed by atoms with Crippen LogP contribution in [-0.4, -0.2) is 111 Å². The molecule has 2 aromatic rings. The van der Waals surface area contributed by atoms with Crippen molar-refractivity contribution in [1.82, 2.24) is 29.9 Å². The van der Waals surface area contributed by atoms with Crippen molar-refractivity contribution in [2.24, 2.45) is 0 Å². The van der Waals surface area contributed by atoms with Crippen LogP contribution in [0.3, 0.4) is 0 Å². The summed E-state index contributed by atoms with van der Waals surface area (Å²) in [6.07, 6.45) is 0. The molecule has 0 bridgehead atoms. The molecule has 2 aromatic heterocycles. The zero-order chi connectivity index (χ0) is 26.2. The van der Waals surface area contributed by atoms with Crippen molar-refractivity contribution < 1.29 is 63.0 Å². The number of hydrogen-bond acceptors (Lipinski definition) is 18. The molecule has 41 heavy (non-hydrogen) atoms. The van der Waals surface area contributed by atoms with Crippen LogP contribution in [0.2, 0.25) is 0 Å². The largest absolute Gasteiger partial charge is 2.00 e. The summed E-state index contributed by atoms with van der Waals surface area (Å²) in [6.45, 7) is 4.74. The molecule has 0 amide bonds. The Morgan fingerprint density at radius 2 is 0.707 bits per heavy atom. The van der Waals surface area contributed by atoms with Crippen molar-refractivity contribution >= 4 is 35.7 Å². The summed E-state index contributed by atoms with van der Waals surface area (Å²) < 4.78 is 10.4. The molecule has 2 fully saturated rings. The summed E-state index contributed by atoms with van der Waals surface area (Å²) >= 11 is 0. The molecule has 0 unspecified atom stereocenters. The fourth-order valence-electron chi connectivity index (χ4n) is 3.06. The van der Waals surface area contributed by atoms with Gasteiger partial charge in [-0.05, 0) is 28.2 Å². The minimum atomic E-state index is -0.0795. The Balaban J connectivity index is -0.000000628. The van der Waals surface area contributed by atoms with Gasteiger partial charge in [0.25, 0.3) is 0 Å². The van der Waals surface area contributed by atoms with Gasteiger partial charge in [-0.25, -0.2) is 0 Å². The van der Waals surface area contributed by atoms with Crippen molar-refractivity contribution in [2.75, 3.05) is 111 Å². The van der Waals surface area contributed by atoms with Crippen LogP contribution < -0.4 is 30.1 Å². The van der Waals surface area contributed by atoms with E-state index < -0.39 is 0 Å². The molecule has 0 atom stereocenters. The minimum Gasteiger partial charge on any atom is -2.00 e. The van der Waals surface area contributed by atoms with Crippen molar-refractivity contribution in [3.8, 4) is 0 Å². The van der Waals surface area contributed by atoms with E-state index in [9.17, 15) is 20.8 Å². The number of anilines is 6. The number of hydrogen-bond donors (Lipinski definition) is 0. The van der Waals surface area contributed by atoms with Crippen LogP contribution in [0.25, 0.3) is 0 Å². The summed E-state index contributed by atoms with van der Waals surface area (Å²) in [5.41, 5.74) is 0. The van der Waals surface area contributed by atoms with Gasteiger partial charge in [0.1, 0.15) is 0 Å². The van der Waals surface area contributed by atoms with Crippen molar-refractivity contribution in [3.63, 3.8) is 0 Å². The summed E-state index contributed by atoms with van der Waals surface area (Å²) in [5, 5.41) is 47.0. The average Bonchev–Trinajstić information content (AvgIpc) is 2.89. The van der Waals surface area contributed by atoms with E-state index in [-0.39, 0.29) is 77.3 Å². The van der Waals surface area contributed by atoms with Crippen molar-refractivity contribution in [3.05, 3.63) is 20.8 Å². The molecule has 0 aromatic carbocycles. The number of morpholine rings is 2. The van der Waals surface area contributed by atoms with E-state index in [2.05, 4.69) is 29.9 Å². The second kappa shape index (κ2) is 20.5. The van der Waals surface area contributed by atoms with Gasteiger partial charge < -0.3 is 76.8 Å². The predicted molar refractivity (Wildman–Crippen MR) is 135 cm³/mol. The number of ether oxygens (including phenoxy) is 2. The van der Waals surface area contributed by atoms with E-state index in [1.807, 2.05) is 9.80 Å². The molecule has 0 saturated carbocycles. The third-order valence-electron chi connectivity index (χ3n) is 4.91. The summed E-state index contributed by atoms with van der Waals surface area (Å²) in [7, 11) is 5.08. The molecule has 234 valence electrons. The first kappa shape index (κ1) is 43.1. The first-order valence-electron chi connectivity index (χ1n) is 11.0. The van der Waals surface area contributed by atoms with Crippen LogP contribution in [-0.2, 0) is 63.0 Å². The molecule has 21 nitrogen and oxygen atoms in total. The van der Waals surface area contributed by atoms with Gasteiger partial charge in [-0.3, -0.25) is 0 Å². The van der Waals surface area contributed by atoms with Gasteiger partial charge in [0.05, 0.1) is 26.4 Å². The van der Waals surface area contributed by atoms with E-state index in [4.69, 9.17) is 9.47 Å². The summed E-state index contributed by atoms with van der Waals surface area (Å²) in [5.74, 6) is 0.328. The van der Waals surface area contributed by atoms with Gasteiger partial charge in [-0.15, -0.1) is 0 Å². The number of rotatable bonds is 6. The van der Waals surface area contributed by atoms with E-state index >= 15 is 0 Å². The molecular formula is C18H28N12O9V2-10. The maximum atomic E-state index is 11.3. The standard InChI is InChI=1S/2C9H14N6O3.3O.2V/c2*1-13(16)7-10-8(14(2)17)12-9(11-7)15-3-5-18-6-4-15;;;;;/h2*3-6H2,1-2H3;;;;;/q5*-2;;. The minimum absolute atomic E-state index is 0. The van der Waals surface area contributed by atoms with Crippen LogP contribution in [0.1, 0.15) is 0 Å². The Hall–Kier alpha value is -2.37. The second-order valence-electron chi connectivity index (χ2n) is 7.66. The van der Waals surface area contributed by atoms with Crippen molar-refractivity contribution in [2.45, 2.75) is 0 Å². The van der Waals surface area contributed by atoms with Gasteiger partial charge in [0.15, 0.2) is 0 Å². The Morgan fingerprint density at radius 3 is 0.902 bits per heavy atom. The Kier molecular flexibility index (Phi) is 21.5. The third-order valence-corrected chi connectivity index (χ3v) is 4.91. The van der Waals surface area contributed by atoms with Crippen molar-refractivity contribution in [1.29, 1.82) is 0 Å². The zero-order valence-corrected chi connectivity index (χ0v) is 25.4. The first-order valence-corrected chi connectivity index (χ1v) is 11.0. The van der Waals surface area contributed by atoms with Gasteiger partial charge in [-0.2, -0.15) is 29.9 Å². The molecule has 23 heteroatoms. The molecule has 2 radical (unpaired) electrons. The fourth-order valence-corrected chi connectivity index (χ4v) is 3.06. The van der Waals surface area contributed by atoms with E-state index in [0.717, 1.165) is 0 Å². The van der Waals surface area contributed by atoms with Crippen LogP contribution in [0.5, 0.6) is 0 Å². The van der Waals surface area contributed by atoms with Gasteiger partial charge in [0.2, 0.25) is 35.7 Å². The topological polar surface area (TPSA) is 293 Å². The first-order chi connectivity index (χ1) is 17.2. The Labute approximate surface area is 259 Å².